The molecular weight excluding hydrogens is 182 g/mol. The molecule has 0 aliphatic heterocycles. The van der Waals surface area contributed by atoms with E-state index in [4.69, 9.17) is 21.3 Å². The van der Waals surface area contributed by atoms with E-state index in [0.29, 0.717) is 0 Å². The van der Waals surface area contributed by atoms with Crippen molar-refractivity contribution in [1.29, 1.82) is 0 Å². The summed E-state index contributed by atoms with van der Waals surface area (Å²) >= 11 is 5.11. The second-order valence-electron chi connectivity index (χ2n) is 1.63. The Morgan fingerprint density at radius 3 is 2.40 bits per heavy atom. The molecule has 0 saturated heterocycles. The molecule has 3 N–H and O–H groups in total. The number of nitrogens with one attached hydrogen (secondary N) is 1. The van der Waals surface area contributed by atoms with Crippen molar-refractivity contribution < 1.29 is 18.1 Å². The molecule has 0 aromatic heterocycles. The van der Waals surface area contributed by atoms with Gasteiger partial charge in [-0.15, -0.1) is 11.6 Å². The Labute approximate surface area is 63.9 Å². The Bertz CT molecular complexity index is 179. The maximum atomic E-state index is 9.94. The highest BCUT2D eigenvalue weighted by Gasteiger charge is 2.06. The van der Waals surface area contributed by atoms with Crippen LogP contribution < -0.4 is 4.72 Å². The van der Waals surface area contributed by atoms with Crippen molar-refractivity contribution in [2.45, 2.75) is 6.10 Å². The molecule has 0 bridgehead atoms. The van der Waals surface area contributed by atoms with Crippen LogP contribution in [0.2, 0.25) is 0 Å². The minimum atomic E-state index is -4.20. The van der Waals surface area contributed by atoms with E-state index in [9.17, 15) is 8.42 Å². The van der Waals surface area contributed by atoms with E-state index in [2.05, 4.69) is 0 Å². The largest absolute Gasteiger partial charge is 0.391 e. The first-order valence-electron chi connectivity index (χ1n) is 2.42. The van der Waals surface area contributed by atoms with Gasteiger partial charge in [0.2, 0.25) is 0 Å². The highest BCUT2D eigenvalue weighted by molar-refractivity contribution is 7.83. The van der Waals surface area contributed by atoms with Gasteiger partial charge in [0, 0.05) is 12.4 Å². The summed E-state index contributed by atoms with van der Waals surface area (Å²) in [7, 11) is -4.20. The third-order valence-electron chi connectivity index (χ3n) is 0.679. The highest BCUT2D eigenvalue weighted by Crippen LogP contribution is 1.85. The number of hydrogen-bond donors (Lipinski definition) is 3. The van der Waals surface area contributed by atoms with Gasteiger partial charge in [0.1, 0.15) is 0 Å². The quantitative estimate of drug-likeness (QED) is 0.390. The standard InChI is InChI=1S/C3H8ClNO4S/c4-1-3(6)2-5-10(7,8)9/h3,5-6H,1-2H2,(H,7,8,9). The minimum Gasteiger partial charge on any atom is -0.391 e. The number of rotatable bonds is 4. The second-order valence-corrected chi connectivity index (χ2v) is 3.18. The molecule has 0 fully saturated rings. The third kappa shape index (κ3) is 6.24. The number of aliphatic hydroxyl groups excluding tert-OH is 1. The van der Waals surface area contributed by atoms with E-state index in [-0.39, 0.29) is 12.4 Å². The summed E-state index contributed by atoms with van der Waals surface area (Å²) in [6.07, 6.45) is -0.969. The molecule has 0 aromatic carbocycles. The summed E-state index contributed by atoms with van der Waals surface area (Å²) in [5.74, 6) is -0.0808. The molecule has 62 valence electrons. The Morgan fingerprint density at radius 2 is 2.10 bits per heavy atom. The van der Waals surface area contributed by atoms with Crippen LogP contribution in [0.5, 0.6) is 0 Å². The Morgan fingerprint density at radius 1 is 1.60 bits per heavy atom. The maximum Gasteiger partial charge on any atom is 0.333 e. The Hall–Kier alpha value is 0.120. The molecule has 5 nitrogen and oxygen atoms in total. The van der Waals surface area contributed by atoms with Crippen LogP contribution in [-0.4, -0.2) is 36.6 Å². The lowest BCUT2D eigenvalue weighted by molar-refractivity contribution is 0.200. The van der Waals surface area contributed by atoms with Gasteiger partial charge in [0.25, 0.3) is 0 Å². The van der Waals surface area contributed by atoms with E-state index in [1.54, 1.807) is 4.72 Å². The number of halogens is 1. The molecule has 0 radical (unpaired) electrons. The van der Waals surface area contributed by atoms with Gasteiger partial charge in [0.15, 0.2) is 0 Å². The summed E-state index contributed by atoms with van der Waals surface area (Å²) in [5.41, 5.74) is 0. The molecule has 0 heterocycles. The van der Waals surface area contributed by atoms with E-state index in [1.807, 2.05) is 0 Å². The Kier molecular flexibility index (Phi) is 4.14. The number of aliphatic hydroxyl groups is 1. The van der Waals surface area contributed by atoms with E-state index < -0.39 is 16.4 Å². The number of alkyl halides is 1. The van der Waals surface area contributed by atoms with Gasteiger partial charge in [-0.05, 0) is 0 Å². The van der Waals surface area contributed by atoms with Gasteiger partial charge in [-0.2, -0.15) is 13.1 Å². The fourth-order valence-corrected chi connectivity index (χ4v) is 0.768. The predicted octanol–water partition coefficient (Wildman–Crippen LogP) is -1.02. The lowest BCUT2D eigenvalue weighted by Crippen LogP contribution is -2.32. The molecule has 7 heteroatoms. The van der Waals surface area contributed by atoms with Crippen LogP contribution in [0.1, 0.15) is 0 Å². The summed E-state index contributed by atoms with van der Waals surface area (Å²) in [6.45, 7) is -0.275. The highest BCUT2D eigenvalue weighted by atomic mass is 35.5. The molecule has 0 saturated carbocycles. The smallest absolute Gasteiger partial charge is 0.333 e. The molecule has 1 unspecified atom stereocenters. The van der Waals surface area contributed by atoms with Crippen LogP contribution in [0.4, 0.5) is 0 Å². The lowest BCUT2D eigenvalue weighted by atomic mass is 10.4. The normalized spacial score (nSPS) is 15.1. The monoisotopic (exact) mass is 189 g/mol. The molecule has 0 rings (SSSR count). The Balaban J connectivity index is 3.56. The minimum absolute atomic E-state index is 0.0808. The predicted molar refractivity (Wildman–Crippen MR) is 36.3 cm³/mol. The van der Waals surface area contributed by atoms with Crippen LogP contribution in [-0.2, 0) is 10.3 Å². The van der Waals surface area contributed by atoms with Crippen molar-refractivity contribution in [3.8, 4) is 0 Å². The molecule has 0 aliphatic rings. The van der Waals surface area contributed by atoms with Gasteiger partial charge in [-0.3, -0.25) is 4.55 Å². The molecule has 1 atom stereocenters. The van der Waals surface area contributed by atoms with Gasteiger partial charge < -0.3 is 5.11 Å². The van der Waals surface area contributed by atoms with Crippen molar-refractivity contribution in [3.63, 3.8) is 0 Å². The topological polar surface area (TPSA) is 86.6 Å². The first kappa shape index (κ1) is 10.1. The molecule has 0 spiro atoms. The average molecular weight is 190 g/mol. The SMILES string of the molecule is O=S(=O)(O)NCC(O)CCl. The van der Waals surface area contributed by atoms with E-state index in [0.717, 1.165) is 0 Å². The summed E-state index contributed by atoms with van der Waals surface area (Å²) < 4.78 is 29.6. The zero-order valence-corrected chi connectivity index (χ0v) is 6.56. The van der Waals surface area contributed by atoms with E-state index in [1.165, 1.54) is 0 Å². The molecule has 0 aliphatic carbocycles. The molecule has 0 aromatic rings. The zero-order chi connectivity index (χ0) is 8.20. The number of hydrogen-bond acceptors (Lipinski definition) is 3. The molecule has 10 heavy (non-hydrogen) atoms. The van der Waals surface area contributed by atoms with Gasteiger partial charge >= 0.3 is 10.3 Å². The lowest BCUT2D eigenvalue weighted by Gasteiger charge is -2.04. The second kappa shape index (κ2) is 4.09. The van der Waals surface area contributed by atoms with Crippen molar-refractivity contribution in [2.75, 3.05) is 12.4 Å². The van der Waals surface area contributed by atoms with Crippen LogP contribution in [0.25, 0.3) is 0 Å². The average Bonchev–Trinajstić information content (AvgIpc) is 1.81. The van der Waals surface area contributed by atoms with Crippen molar-refractivity contribution in [3.05, 3.63) is 0 Å². The summed E-state index contributed by atoms with van der Waals surface area (Å²) in [5, 5.41) is 8.65. The summed E-state index contributed by atoms with van der Waals surface area (Å²) in [4.78, 5) is 0. The van der Waals surface area contributed by atoms with Crippen LogP contribution >= 0.6 is 11.6 Å². The molecule has 0 amide bonds. The third-order valence-corrected chi connectivity index (χ3v) is 1.57. The zero-order valence-electron chi connectivity index (χ0n) is 4.99. The summed E-state index contributed by atoms with van der Waals surface area (Å²) in [6, 6.07) is 0. The fourth-order valence-electron chi connectivity index (χ4n) is 0.256. The van der Waals surface area contributed by atoms with E-state index >= 15 is 0 Å². The maximum absolute atomic E-state index is 9.94. The van der Waals surface area contributed by atoms with Crippen molar-refractivity contribution in [2.24, 2.45) is 0 Å². The van der Waals surface area contributed by atoms with Crippen molar-refractivity contribution >= 4 is 21.9 Å². The van der Waals surface area contributed by atoms with Gasteiger partial charge in [-0.25, -0.2) is 0 Å². The van der Waals surface area contributed by atoms with Crippen molar-refractivity contribution in [1.82, 2.24) is 4.72 Å². The molecular formula is C3H8ClNO4S. The fraction of sp³-hybridized carbons (Fsp3) is 1.00. The van der Waals surface area contributed by atoms with Crippen LogP contribution in [0.3, 0.4) is 0 Å². The first-order valence-corrected chi connectivity index (χ1v) is 4.39. The van der Waals surface area contributed by atoms with Gasteiger partial charge in [-0.1, -0.05) is 0 Å². The first-order chi connectivity index (χ1) is 4.45. The van der Waals surface area contributed by atoms with Crippen LogP contribution in [0, 0.1) is 0 Å². The van der Waals surface area contributed by atoms with Gasteiger partial charge in [0.05, 0.1) is 6.10 Å². The van der Waals surface area contributed by atoms with Crippen LogP contribution in [0.15, 0.2) is 0 Å².